The van der Waals surface area contributed by atoms with Crippen LogP contribution in [0.4, 0.5) is 0 Å². The molecular weight excluding hydrogens is 258 g/mol. The molecule has 1 aromatic heterocycles. The van der Waals surface area contributed by atoms with Crippen LogP contribution in [-0.2, 0) is 20.9 Å². The second-order valence-electron chi connectivity index (χ2n) is 4.49. The molecule has 2 aromatic rings. The number of methoxy groups -OCH3 is 1. The number of carbonyl (C=O) groups excluding carboxylic acids is 2. The van der Waals surface area contributed by atoms with Gasteiger partial charge in [-0.3, -0.25) is 4.79 Å². The van der Waals surface area contributed by atoms with Crippen molar-refractivity contribution in [3.8, 4) is 0 Å². The number of amides is 1. The molecule has 1 aromatic carbocycles. The third kappa shape index (κ3) is 3.14. The molecule has 2 rings (SSSR count). The van der Waals surface area contributed by atoms with Gasteiger partial charge < -0.3 is 14.6 Å². The number of rotatable bonds is 5. The van der Waals surface area contributed by atoms with E-state index in [1.54, 1.807) is 13.3 Å². The molecule has 0 saturated heterocycles. The van der Waals surface area contributed by atoms with Crippen molar-refractivity contribution in [1.82, 2.24) is 14.9 Å². The van der Waals surface area contributed by atoms with E-state index in [1.807, 2.05) is 28.8 Å². The van der Waals surface area contributed by atoms with Gasteiger partial charge in [-0.2, -0.15) is 0 Å². The third-order valence-corrected chi connectivity index (χ3v) is 3.04. The van der Waals surface area contributed by atoms with Crippen molar-refractivity contribution in [3.05, 3.63) is 30.6 Å². The Hall–Kier alpha value is -2.37. The number of esters is 1. The SMILES string of the molecule is COC(=O)C(C)NC(=O)CCn1cnc2ccccc21. The van der Waals surface area contributed by atoms with Crippen LogP contribution in [0.15, 0.2) is 30.6 Å². The van der Waals surface area contributed by atoms with Crippen LogP contribution >= 0.6 is 0 Å². The van der Waals surface area contributed by atoms with E-state index in [1.165, 1.54) is 7.11 Å². The molecule has 0 aliphatic carbocycles. The lowest BCUT2D eigenvalue weighted by molar-refractivity contribution is -0.144. The van der Waals surface area contributed by atoms with Crippen LogP contribution in [0.25, 0.3) is 11.0 Å². The van der Waals surface area contributed by atoms with Crippen molar-refractivity contribution in [2.24, 2.45) is 0 Å². The molecule has 106 valence electrons. The van der Waals surface area contributed by atoms with E-state index in [4.69, 9.17) is 0 Å². The monoisotopic (exact) mass is 275 g/mol. The number of nitrogens with one attached hydrogen (secondary N) is 1. The molecule has 6 heteroatoms. The highest BCUT2D eigenvalue weighted by atomic mass is 16.5. The fourth-order valence-corrected chi connectivity index (χ4v) is 1.96. The van der Waals surface area contributed by atoms with Crippen LogP contribution in [0.1, 0.15) is 13.3 Å². The average molecular weight is 275 g/mol. The number of nitrogens with zero attached hydrogens (tertiary/aromatic N) is 2. The van der Waals surface area contributed by atoms with Gasteiger partial charge in [0.2, 0.25) is 5.91 Å². The summed E-state index contributed by atoms with van der Waals surface area (Å²) in [5.41, 5.74) is 1.89. The maximum absolute atomic E-state index is 11.8. The first-order valence-electron chi connectivity index (χ1n) is 6.39. The fourth-order valence-electron chi connectivity index (χ4n) is 1.96. The van der Waals surface area contributed by atoms with Crippen LogP contribution in [0.3, 0.4) is 0 Å². The highest BCUT2D eigenvalue weighted by molar-refractivity contribution is 5.84. The molecule has 0 aliphatic rings. The average Bonchev–Trinajstić information content (AvgIpc) is 2.87. The maximum atomic E-state index is 11.8. The van der Waals surface area contributed by atoms with Crippen LogP contribution in [-0.4, -0.2) is 34.6 Å². The van der Waals surface area contributed by atoms with E-state index < -0.39 is 12.0 Å². The molecule has 0 saturated carbocycles. The van der Waals surface area contributed by atoms with E-state index in [2.05, 4.69) is 15.0 Å². The Labute approximate surface area is 116 Å². The van der Waals surface area contributed by atoms with Gasteiger partial charge in [-0.15, -0.1) is 0 Å². The Morgan fingerprint density at radius 3 is 2.90 bits per heavy atom. The minimum absolute atomic E-state index is 0.194. The highest BCUT2D eigenvalue weighted by Crippen LogP contribution is 2.11. The number of imidazole rings is 1. The number of aryl methyl sites for hydroxylation is 1. The van der Waals surface area contributed by atoms with Gasteiger partial charge in [0.05, 0.1) is 24.5 Å². The van der Waals surface area contributed by atoms with Crippen molar-refractivity contribution in [2.45, 2.75) is 25.9 Å². The highest BCUT2D eigenvalue weighted by Gasteiger charge is 2.15. The summed E-state index contributed by atoms with van der Waals surface area (Å²) in [5.74, 6) is -0.646. The first-order valence-corrected chi connectivity index (χ1v) is 6.39. The summed E-state index contributed by atoms with van der Waals surface area (Å²) in [4.78, 5) is 27.2. The summed E-state index contributed by atoms with van der Waals surface area (Å²) in [5, 5.41) is 2.59. The number of hydrogen-bond acceptors (Lipinski definition) is 4. The standard InChI is InChI=1S/C14H17N3O3/c1-10(14(19)20-2)16-13(18)7-8-17-9-15-11-5-3-4-6-12(11)17/h3-6,9-10H,7-8H2,1-2H3,(H,16,18). The number of hydrogen-bond donors (Lipinski definition) is 1. The first-order chi connectivity index (χ1) is 9.61. The van der Waals surface area contributed by atoms with E-state index in [0.29, 0.717) is 6.54 Å². The second-order valence-corrected chi connectivity index (χ2v) is 4.49. The van der Waals surface area contributed by atoms with Gasteiger partial charge in [0.1, 0.15) is 6.04 Å². The van der Waals surface area contributed by atoms with Gasteiger partial charge in [-0.1, -0.05) is 12.1 Å². The van der Waals surface area contributed by atoms with Gasteiger partial charge >= 0.3 is 5.97 Å². The quantitative estimate of drug-likeness (QED) is 0.829. The zero-order chi connectivity index (χ0) is 14.5. The summed E-state index contributed by atoms with van der Waals surface area (Å²) in [7, 11) is 1.29. The number of para-hydroxylation sites is 2. The van der Waals surface area contributed by atoms with E-state index in [0.717, 1.165) is 11.0 Å². The number of aromatic nitrogens is 2. The summed E-state index contributed by atoms with van der Waals surface area (Å²) in [6.07, 6.45) is 1.99. The third-order valence-electron chi connectivity index (χ3n) is 3.04. The molecule has 1 atom stereocenters. The van der Waals surface area contributed by atoms with Gasteiger partial charge in [-0.05, 0) is 19.1 Å². The summed E-state index contributed by atoms with van der Waals surface area (Å²) < 4.78 is 6.47. The zero-order valence-corrected chi connectivity index (χ0v) is 11.5. The normalized spacial score (nSPS) is 12.1. The Bertz CT molecular complexity index is 621. The Morgan fingerprint density at radius 2 is 2.15 bits per heavy atom. The van der Waals surface area contributed by atoms with E-state index in [9.17, 15) is 9.59 Å². The van der Waals surface area contributed by atoms with Gasteiger partial charge in [0.15, 0.2) is 0 Å². The number of ether oxygens (including phenoxy) is 1. The molecule has 0 fully saturated rings. The molecule has 1 amide bonds. The zero-order valence-electron chi connectivity index (χ0n) is 11.5. The number of benzene rings is 1. The summed E-state index contributed by atoms with van der Waals surface area (Å²) >= 11 is 0. The van der Waals surface area contributed by atoms with E-state index >= 15 is 0 Å². The number of fused-ring (bicyclic) bond motifs is 1. The predicted octanol–water partition coefficient (Wildman–Crippen LogP) is 1.10. The number of carbonyl (C=O) groups is 2. The van der Waals surface area contributed by atoms with Gasteiger partial charge in [-0.25, -0.2) is 9.78 Å². The van der Waals surface area contributed by atoms with Crippen molar-refractivity contribution in [3.63, 3.8) is 0 Å². The topological polar surface area (TPSA) is 73.2 Å². The largest absolute Gasteiger partial charge is 0.467 e. The van der Waals surface area contributed by atoms with Crippen molar-refractivity contribution < 1.29 is 14.3 Å². The first kappa shape index (κ1) is 14.0. The lowest BCUT2D eigenvalue weighted by Gasteiger charge is -2.11. The van der Waals surface area contributed by atoms with E-state index in [-0.39, 0.29) is 12.3 Å². The fraction of sp³-hybridized carbons (Fsp3) is 0.357. The lowest BCUT2D eigenvalue weighted by Crippen LogP contribution is -2.39. The Kier molecular flexibility index (Phi) is 4.34. The molecule has 0 aliphatic heterocycles. The second kappa shape index (κ2) is 6.18. The Morgan fingerprint density at radius 1 is 1.40 bits per heavy atom. The van der Waals surface area contributed by atoms with Crippen molar-refractivity contribution in [1.29, 1.82) is 0 Å². The van der Waals surface area contributed by atoms with Crippen LogP contribution in [0, 0.1) is 0 Å². The lowest BCUT2D eigenvalue weighted by atomic mass is 10.3. The molecule has 0 spiro atoms. The van der Waals surface area contributed by atoms with Crippen LogP contribution in [0.2, 0.25) is 0 Å². The predicted molar refractivity (Wildman–Crippen MR) is 74.0 cm³/mol. The van der Waals surface area contributed by atoms with Crippen LogP contribution in [0.5, 0.6) is 0 Å². The molecule has 1 heterocycles. The smallest absolute Gasteiger partial charge is 0.328 e. The molecule has 1 N–H and O–H groups in total. The molecule has 6 nitrogen and oxygen atoms in total. The molecule has 20 heavy (non-hydrogen) atoms. The minimum atomic E-state index is -0.632. The molecule has 0 radical (unpaired) electrons. The van der Waals surface area contributed by atoms with Crippen molar-refractivity contribution in [2.75, 3.05) is 7.11 Å². The van der Waals surface area contributed by atoms with Crippen LogP contribution < -0.4 is 5.32 Å². The summed E-state index contributed by atoms with van der Waals surface area (Å²) in [6, 6.07) is 7.10. The molecule has 1 unspecified atom stereocenters. The van der Waals surface area contributed by atoms with Crippen molar-refractivity contribution >= 4 is 22.9 Å². The Balaban J connectivity index is 1.92. The van der Waals surface area contributed by atoms with Gasteiger partial charge in [0, 0.05) is 13.0 Å². The molecular formula is C14H17N3O3. The molecule has 0 bridgehead atoms. The summed E-state index contributed by atoms with van der Waals surface area (Å²) in [6.45, 7) is 2.11. The maximum Gasteiger partial charge on any atom is 0.328 e. The van der Waals surface area contributed by atoms with Gasteiger partial charge in [0.25, 0.3) is 0 Å². The minimum Gasteiger partial charge on any atom is -0.467 e.